The predicted molar refractivity (Wildman–Crippen MR) is 134 cm³/mol. The second-order valence-electron chi connectivity index (χ2n) is 8.49. The van der Waals surface area contributed by atoms with E-state index >= 15 is 0 Å². The van der Waals surface area contributed by atoms with E-state index in [2.05, 4.69) is 24.1 Å². The summed E-state index contributed by atoms with van der Waals surface area (Å²) in [5.74, 6) is -0.0291. The molecule has 3 aromatic rings. The molecule has 1 heterocycles. The third-order valence-corrected chi connectivity index (χ3v) is 5.98. The quantitative estimate of drug-likeness (QED) is 0.356. The Hall–Kier alpha value is -2.93. The average Bonchev–Trinajstić information content (AvgIpc) is 2.83. The van der Waals surface area contributed by atoms with Crippen molar-refractivity contribution < 1.29 is 19.4 Å². The molecule has 0 aliphatic carbocycles. The molecule has 1 amide bonds. The van der Waals surface area contributed by atoms with Crippen LogP contribution in [0.2, 0.25) is 5.02 Å². The molecule has 0 saturated heterocycles. The molecule has 0 fully saturated rings. The standard InChI is InChI=1S/C27H31ClN2O4/c1-5-18(2)17-34-24-14-13-22(28)15-20(24)16-23-7-6-8-25(29-23)30-26(31)19-9-11-21(12-10-19)27(3,32)33-4/h6-15,18,32H,5,16-17H2,1-4H3,(H,29,30,31). The number of aliphatic hydroxyl groups is 1. The summed E-state index contributed by atoms with van der Waals surface area (Å²) in [4.78, 5) is 17.3. The first-order chi connectivity index (χ1) is 16.2. The van der Waals surface area contributed by atoms with Crippen LogP contribution in [0.5, 0.6) is 5.75 Å². The van der Waals surface area contributed by atoms with Crippen molar-refractivity contribution in [1.82, 2.24) is 4.98 Å². The number of hydrogen-bond acceptors (Lipinski definition) is 5. The van der Waals surface area contributed by atoms with Crippen LogP contribution in [-0.2, 0) is 16.9 Å². The Kier molecular flexibility index (Phi) is 8.67. The van der Waals surface area contributed by atoms with Crippen LogP contribution in [0, 0.1) is 5.92 Å². The minimum atomic E-state index is -1.41. The molecule has 0 saturated carbocycles. The van der Waals surface area contributed by atoms with E-state index in [4.69, 9.17) is 21.1 Å². The summed E-state index contributed by atoms with van der Waals surface area (Å²) in [5.41, 5.74) is 2.71. The fourth-order valence-corrected chi connectivity index (χ4v) is 3.45. The van der Waals surface area contributed by atoms with Gasteiger partial charge in [0, 0.05) is 40.9 Å². The van der Waals surface area contributed by atoms with E-state index in [-0.39, 0.29) is 5.91 Å². The van der Waals surface area contributed by atoms with Gasteiger partial charge < -0.3 is 19.9 Å². The molecule has 0 radical (unpaired) electrons. The summed E-state index contributed by atoms with van der Waals surface area (Å²) in [6, 6.07) is 17.7. The topological polar surface area (TPSA) is 80.7 Å². The van der Waals surface area contributed by atoms with Gasteiger partial charge in [-0.25, -0.2) is 4.98 Å². The molecule has 7 heteroatoms. The Morgan fingerprint density at radius 2 is 1.91 bits per heavy atom. The van der Waals surface area contributed by atoms with Gasteiger partial charge in [-0.15, -0.1) is 0 Å². The Bertz CT molecular complexity index is 1120. The molecule has 6 nitrogen and oxygen atoms in total. The number of carbonyl (C=O) groups excluding carboxylic acids is 1. The first kappa shape index (κ1) is 25.7. The number of carbonyl (C=O) groups is 1. The van der Waals surface area contributed by atoms with E-state index < -0.39 is 5.79 Å². The van der Waals surface area contributed by atoms with Crippen molar-refractivity contribution in [1.29, 1.82) is 0 Å². The molecule has 0 spiro atoms. The number of benzene rings is 2. The highest BCUT2D eigenvalue weighted by molar-refractivity contribution is 6.30. The average molecular weight is 483 g/mol. The molecule has 2 atom stereocenters. The van der Waals surface area contributed by atoms with E-state index in [1.807, 2.05) is 30.3 Å². The van der Waals surface area contributed by atoms with Crippen LogP contribution < -0.4 is 10.1 Å². The number of nitrogens with zero attached hydrogens (tertiary/aromatic N) is 1. The molecule has 0 aliphatic rings. The van der Waals surface area contributed by atoms with Gasteiger partial charge in [-0.2, -0.15) is 0 Å². The molecule has 180 valence electrons. The number of anilines is 1. The summed E-state index contributed by atoms with van der Waals surface area (Å²) in [7, 11) is 1.42. The number of aromatic nitrogens is 1. The van der Waals surface area contributed by atoms with Crippen LogP contribution >= 0.6 is 11.6 Å². The van der Waals surface area contributed by atoms with Gasteiger partial charge >= 0.3 is 0 Å². The van der Waals surface area contributed by atoms with Crippen molar-refractivity contribution in [3.8, 4) is 5.75 Å². The lowest BCUT2D eigenvalue weighted by Crippen LogP contribution is -2.23. The number of hydrogen-bond donors (Lipinski definition) is 2. The van der Waals surface area contributed by atoms with Gasteiger partial charge in [0.1, 0.15) is 11.6 Å². The highest BCUT2D eigenvalue weighted by Crippen LogP contribution is 2.26. The Morgan fingerprint density at radius 1 is 1.18 bits per heavy atom. The zero-order valence-corrected chi connectivity index (χ0v) is 20.7. The molecule has 2 N–H and O–H groups in total. The van der Waals surface area contributed by atoms with Crippen LogP contribution in [0.3, 0.4) is 0 Å². The van der Waals surface area contributed by atoms with Gasteiger partial charge in [0.05, 0.1) is 6.61 Å². The summed E-state index contributed by atoms with van der Waals surface area (Å²) in [6.45, 7) is 6.46. The SMILES string of the molecule is CCC(C)COc1ccc(Cl)cc1Cc1cccc(NC(=O)c2ccc(C(C)(O)OC)cc2)n1. The normalized spacial score (nSPS) is 13.7. The van der Waals surface area contributed by atoms with Crippen LogP contribution in [-0.4, -0.2) is 29.7 Å². The third kappa shape index (κ3) is 6.79. The van der Waals surface area contributed by atoms with E-state index in [0.29, 0.717) is 40.9 Å². The molecule has 34 heavy (non-hydrogen) atoms. The third-order valence-electron chi connectivity index (χ3n) is 5.74. The van der Waals surface area contributed by atoms with Crippen molar-refractivity contribution in [3.05, 3.63) is 88.1 Å². The number of methoxy groups -OCH3 is 1. The molecule has 2 unspecified atom stereocenters. The zero-order valence-electron chi connectivity index (χ0n) is 20.0. The Labute approximate surface area is 205 Å². The first-order valence-electron chi connectivity index (χ1n) is 11.3. The van der Waals surface area contributed by atoms with Gasteiger partial charge in [0.15, 0.2) is 5.79 Å². The van der Waals surface area contributed by atoms with Crippen molar-refractivity contribution in [3.63, 3.8) is 0 Å². The fourth-order valence-electron chi connectivity index (χ4n) is 3.26. The number of pyridine rings is 1. The van der Waals surface area contributed by atoms with Crippen LogP contribution in [0.25, 0.3) is 0 Å². The van der Waals surface area contributed by atoms with Crippen molar-refractivity contribution in [2.75, 3.05) is 19.0 Å². The maximum absolute atomic E-state index is 12.7. The smallest absolute Gasteiger partial charge is 0.256 e. The lowest BCUT2D eigenvalue weighted by Gasteiger charge is -2.21. The second kappa shape index (κ2) is 11.5. The lowest BCUT2D eigenvalue weighted by molar-refractivity contribution is -0.179. The molecule has 0 bridgehead atoms. The first-order valence-corrected chi connectivity index (χ1v) is 11.7. The van der Waals surface area contributed by atoms with E-state index in [0.717, 1.165) is 23.4 Å². The van der Waals surface area contributed by atoms with Gasteiger partial charge in [-0.1, -0.05) is 50.1 Å². The van der Waals surface area contributed by atoms with Gasteiger partial charge in [-0.05, 0) is 55.3 Å². The summed E-state index contributed by atoms with van der Waals surface area (Å²) in [6.07, 6.45) is 1.56. The maximum Gasteiger partial charge on any atom is 0.256 e. The number of rotatable bonds is 10. The minimum absolute atomic E-state index is 0.298. The number of amides is 1. The van der Waals surface area contributed by atoms with Gasteiger partial charge in [-0.3, -0.25) is 4.79 Å². The fraction of sp³-hybridized carbons (Fsp3) is 0.333. The van der Waals surface area contributed by atoms with E-state index in [1.165, 1.54) is 14.0 Å². The van der Waals surface area contributed by atoms with Crippen LogP contribution in [0.15, 0.2) is 60.7 Å². The zero-order chi connectivity index (χ0) is 24.7. The van der Waals surface area contributed by atoms with E-state index in [1.54, 1.807) is 30.3 Å². The highest BCUT2D eigenvalue weighted by atomic mass is 35.5. The Balaban J connectivity index is 1.72. The van der Waals surface area contributed by atoms with Crippen LogP contribution in [0.4, 0.5) is 5.82 Å². The minimum Gasteiger partial charge on any atom is -0.493 e. The van der Waals surface area contributed by atoms with Crippen molar-refractivity contribution >= 4 is 23.3 Å². The Morgan fingerprint density at radius 3 is 2.59 bits per heavy atom. The summed E-state index contributed by atoms with van der Waals surface area (Å²) < 4.78 is 11.1. The lowest BCUT2D eigenvalue weighted by atomic mass is 10.0. The number of halogens is 1. The van der Waals surface area contributed by atoms with Crippen LogP contribution in [0.1, 0.15) is 54.4 Å². The highest BCUT2D eigenvalue weighted by Gasteiger charge is 2.22. The molecular weight excluding hydrogens is 452 g/mol. The maximum atomic E-state index is 12.7. The molecule has 2 aromatic carbocycles. The second-order valence-corrected chi connectivity index (χ2v) is 8.92. The molecule has 1 aromatic heterocycles. The van der Waals surface area contributed by atoms with Gasteiger partial charge in [0.25, 0.3) is 5.91 Å². The van der Waals surface area contributed by atoms with Crippen molar-refractivity contribution in [2.24, 2.45) is 5.92 Å². The van der Waals surface area contributed by atoms with Gasteiger partial charge in [0.2, 0.25) is 0 Å². The molecule has 0 aliphatic heterocycles. The number of nitrogens with one attached hydrogen (secondary N) is 1. The monoisotopic (exact) mass is 482 g/mol. The summed E-state index contributed by atoms with van der Waals surface area (Å²) in [5, 5.41) is 13.6. The predicted octanol–water partition coefficient (Wildman–Crippen LogP) is 5.81. The largest absolute Gasteiger partial charge is 0.493 e. The number of ether oxygens (including phenoxy) is 2. The summed E-state index contributed by atoms with van der Waals surface area (Å²) >= 11 is 6.23. The van der Waals surface area contributed by atoms with E-state index in [9.17, 15) is 9.90 Å². The molecular formula is C27H31ClN2O4. The van der Waals surface area contributed by atoms with Crippen molar-refractivity contribution in [2.45, 2.75) is 39.4 Å². The molecule has 3 rings (SSSR count).